The zero-order chi connectivity index (χ0) is 60.8. The van der Waals surface area contributed by atoms with Crippen LogP contribution in [0.3, 0.4) is 0 Å². The van der Waals surface area contributed by atoms with Gasteiger partial charge in [-0.25, -0.2) is 4.98 Å². The summed E-state index contributed by atoms with van der Waals surface area (Å²) in [6.07, 6.45) is 9.77. The fraction of sp³-hybridized carbons (Fsp3) is 0.0976. The van der Waals surface area contributed by atoms with Crippen LogP contribution in [0.15, 0.2) is 273 Å². The Bertz CT molecular complexity index is 4920. The van der Waals surface area contributed by atoms with Crippen molar-refractivity contribution >= 4 is 79.0 Å². The summed E-state index contributed by atoms with van der Waals surface area (Å²) in [5, 5.41) is 2.11. The van der Waals surface area contributed by atoms with E-state index in [1.54, 1.807) is 0 Å². The Morgan fingerprint density at radius 1 is 0.462 bits per heavy atom. The monoisotopic (exact) mass is 1350 g/mol. The zero-order valence-corrected chi connectivity index (χ0v) is 53.7. The molecule has 3 aromatic heterocycles. The predicted octanol–water partition coefficient (Wildman–Crippen LogP) is 18.1. The third kappa shape index (κ3) is 10.1. The van der Waals surface area contributed by atoms with Gasteiger partial charge >= 0.3 is 0 Å². The van der Waals surface area contributed by atoms with E-state index in [4.69, 9.17) is 9.72 Å². The Balaban J connectivity index is 0.00000689. The molecule has 0 saturated heterocycles. The molecule has 0 radical (unpaired) electrons. The van der Waals surface area contributed by atoms with E-state index in [0.717, 1.165) is 101 Å². The fourth-order valence-corrected chi connectivity index (χ4v) is 13.5. The van der Waals surface area contributed by atoms with Gasteiger partial charge in [-0.1, -0.05) is 211 Å². The third-order valence-corrected chi connectivity index (χ3v) is 17.9. The molecule has 0 bridgehead atoms. The number of ether oxygens (including phenoxy) is 1. The van der Waals surface area contributed by atoms with Gasteiger partial charge in [0.2, 0.25) is 0 Å². The second-order valence-electron chi connectivity index (χ2n) is 25.7. The van der Waals surface area contributed by atoms with Gasteiger partial charge in [0.05, 0.1) is 5.69 Å². The molecule has 0 aliphatic carbocycles. The van der Waals surface area contributed by atoms with Crippen LogP contribution in [0.4, 0.5) is 34.1 Å². The summed E-state index contributed by atoms with van der Waals surface area (Å²) in [4.78, 5) is 10.1. The first-order chi connectivity index (χ1) is 43.9. The van der Waals surface area contributed by atoms with Gasteiger partial charge in [-0.2, -0.15) is 17.7 Å². The van der Waals surface area contributed by atoms with Gasteiger partial charge < -0.3 is 23.7 Å². The minimum atomic E-state index is -0.223. The molecule has 7 nitrogen and oxygen atoms in total. The van der Waals surface area contributed by atoms with E-state index >= 15 is 0 Å². The maximum atomic E-state index is 7.04. The van der Waals surface area contributed by atoms with Gasteiger partial charge in [0, 0.05) is 90.8 Å². The third-order valence-electron chi connectivity index (χ3n) is 17.9. The minimum absolute atomic E-state index is 0. The van der Waals surface area contributed by atoms with Crippen molar-refractivity contribution in [2.45, 2.75) is 52.4 Å². The second kappa shape index (κ2) is 22.6. The number of rotatable bonds is 10. The standard InChI is InChI=1S/C82H63BN6O.Pt/c1-81(2,3)59-42-43-84-78(51-59)89-72-41-38-57(58-47-76-79-77(48-58)88(62-30-17-10-18-31-62)74-37-22-20-35-71(74)83(79)70-34-19-21-36-73(70)87(76)61-28-15-9-16-29-61)46-69(72)68-40-39-64(53-75(68)89)90-65-50-60(82(4,5)6)49-63(52-65)85-44-45-86(54-85)80-66(55-24-11-7-12-25-55)32-23-33-67(80)56-26-13-8-14-27-56;/h7-51H,1-6H3;/q-2;. The van der Waals surface area contributed by atoms with E-state index in [1.807, 2.05) is 16.8 Å². The number of pyridine rings is 1. The van der Waals surface area contributed by atoms with E-state index in [9.17, 15) is 0 Å². The largest absolute Gasteiger partial charge is 0.510 e. The summed E-state index contributed by atoms with van der Waals surface area (Å²) in [6.45, 7) is 13.5. The molecule has 14 aromatic rings. The molecule has 11 aromatic carbocycles. The molecule has 0 spiro atoms. The molecule has 0 amide bonds. The van der Waals surface area contributed by atoms with Crippen LogP contribution in [0.5, 0.6) is 11.5 Å². The molecule has 9 heteroatoms. The average molecular weight is 1350 g/mol. The normalized spacial score (nSPS) is 12.6. The zero-order valence-electron chi connectivity index (χ0n) is 51.5. The van der Waals surface area contributed by atoms with Crippen LogP contribution >= 0.6 is 0 Å². The van der Waals surface area contributed by atoms with E-state index < -0.39 is 0 Å². The molecule has 2 aliphatic heterocycles. The molecule has 0 N–H and O–H groups in total. The van der Waals surface area contributed by atoms with Gasteiger partial charge in [0.25, 0.3) is 13.0 Å². The number of benzene rings is 11. The molecule has 0 unspecified atom stereocenters. The molecule has 5 heterocycles. The van der Waals surface area contributed by atoms with Crippen molar-refractivity contribution in [3.63, 3.8) is 0 Å². The van der Waals surface area contributed by atoms with Crippen molar-refractivity contribution < 1.29 is 30.4 Å². The van der Waals surface area contributed by atoms with E-state index in [0.29, 0.717) is 11.5 Å². The van der Waals surface area contributed by atoms with E-state index in [-0.39, 0.29) is 38.6 Å². The molecule has 2 aliphatic rings. The van der Waals surface area contributed by atoms with Crippen molar-refractivity contribution in [1.82, 2.24) is 14.1 Å². The molecular weight excluding hydrogens is 1290 g/mol. The van der Waals surface area contributed by atoms with E-state index in [2.05, 4.69) is 340 Å². The Morgan fingerprint density at radius 3 is 1.63 bits per heavy atom. The minimum Gasteiger partial charge on any atom is -0.510 e. The first-order valence-corrected chi connectivity index (χ1v) is 31.0. The van der Waals surface area contributed by atoms with Crippen LogP contribution in [-0.2, 0) is 31.9 Å². The quantitative estimate of drug-likeness (QED) is 0.0777. The van der Waals surface area contributed by atoms with Crippen LogP contribution in [0.25, 0.3) is 72.4 Å². The molecular formula is C82H63BN6OPt-2. The number of para-hydroxylation sites is 5. The van der Waals surface area contributed by atoms with E-state index in [1.165, 1.54) is 33.3 Å². The SMILES string of the molecule is CC(C)(C)c1cc(Oc2[c-]c3c(cc2)c2cc(-c4cc5c6c(c4)N(c4ccccc4)c4ccccc4B6c4ccccc4N5c4ccccc4)ccc2n3-c2cc(C(C)(C)C)ccn2)[c-]c(-n2[c-][n+](-c3c(-c4ccccc4)cccc3-c3ccccc3)cc2)c1.[Pt]. The van der Waals surface area contributed by atoms with Gasteiger partial charge in [0.15, 0.2) is 0 Å². The summed E-state index contributed by atoms with van der Waals surface area (Å²) in [5.74, 6) is 1.95. The molecule has 16 rings (SSSR count). The van der Waals surface area contributed by atoms with Crippen molar-refractivity contribution in [3.8, 4) is 62.1 Å². The summed E-state index contributed by atoms with van der Waals surface area (Å²) in [6, 6.07) is 99.3. The number of imidazole rings is 1. The Morgan fingerprint density at radius 2 is 1.03 bits per heavy atom. The fourth-order valence-electron chi connectivity index (χ4n) is 13.5. The van der Waals surface area contributed by atoms with Crippen molar-refractivity contribution in [1.29, 1.82) is 0 Å². The summed E-state index contributed by atoms with van der Waals surface area (Å²) in [7, 11) is 0. The Kier molecular flexibility index (Phi) is 14.2. The topological polar surface area (TPSA) is 42.3 Å². The summed E-state index contributed by atoms with van der Waals surface area (Å²) in [5.41, 5.74) is 23.1. The first kappa shape index (κ1) is 57.2. The van der Waals surface area contributed by atoms with Crippen molar-refractivity contribution in [2.75, 3.05) is 9.80 Å². The molecule has 0 fully saturated rings. The number of hydrogen-bond donors (Lipinski definition) is 0. The second-order valence-corrected chi connectivity index (χ2v) is 25.7. The van der Waals surface area contributed by atoms with Crippen LogP contribution in [0.1, 0.15) is 52.7 Å². The Labute approximate surface area is 547 Å². The summed E-state index contributed by atoms with van der Waals surface area (Å²) >= 11 is 0. The molecule has 0 atom stereocenters. The molecule has 0 saturated carbocycles. The Hall–Kier alpha value is -10.3. The number of anilines is 6. The molecule has 91 heavy (non-hydrogen) atoms. The van der Waals surface area contributed by atoms with Gasteiger partial charge in [-0.15, -0.1) is 29.7 Å². The summed E-state index contributed by atoms with van der Waals surface area (Å²) < 4.78 is 13.4. The van der Waals surface area contributed by atoms with Crippen molar-refractivity contribution in [2.24, 2.45) is 0 Å². The molecule has 442 valence electrons. The maximum absolute atomic E-state index is 7.04. The van der Waals surface area contributed by atoms with Crippen molar-refractivity contribution in [3.05, 3.63) is 303 Å². The number of fused-ring (bicyclic) bond motifs is 7. The number of aromatic nitrogens is 4. The number of nitrogens with zero attached hydrogens (tertiary/aromatic N) is 6. The number of hydrogen-bond acceptors (Lipinski definition) is 4. The maximum Gasteiger partial charge on any atom is 0.267 e. The van der Waals surface area contributed by atoms with Crippen LogP contribution in [0, 0.1) is 18.5 Å². The van der Waals surface area contributed by atoms with Crippen LogP contribution < -0.4 is 35.5 Å². The van der Waals surface area contributed by atoms with Gasteiger partial charge in [0.1, 0.15) is 5.82 Å². The first-order valence-electron chi connectivity index (χ1n) is 31.0. The smallest absolute Gasteiger partial charge is 0.267 e. The van der Waals surface area contributed by atoms with Gasteiger partial charge in [-0.3, -0.25) is 4.57 Å². The van der Waals surface area contributed by atoms with Crippen LogP contribution in [-0.4, -0.2) is 20.8 Å². The van der Waals surface area contributed by atoms with Crippen LogP contribution in [0.2, 0.25) is 0 Å². The predicted molar refractivity (Wildman–Crippen MR) is 370 cm³/mol. The van der Waals surface area contributed by atoms with Gasteiger partial charge in [-0.05, 0) is 144 Å². The average Bonchev–Trinajstić information content (AvgIpc) is 1.26.